The van der Waals surface area contributed by atoms with Gasteiger partial charge < -0.3 is 20.3 Å². The standard InChI is InChI=1S/C14H21NO4/c1-3-14(4-2,10-16)15-13(18)9-19-12-8-6-5-7-11(12)17/h5-8,16-17H,3-4,9-10H2,1-2H3,(H,15,18). The number of phenols is 1. The molecule has 1 rings (SSSR count). The second-order valence-electron chi connectivity index (χ2n) is 4.45. The van der Waals surface area contributed by atoms with Crippen molar-refractivity contribution in [1.82, 2.24) is 5.32 Å². The molecular weight excluding hydrogens is 246 g/mol. The van der Waals surface area contributed by atoms with Crippen LogP contribution in [0.3, 0.4) is 0 Å². The van der Waals surface area contributed by atoms with Crippen LogP contribution in [0.1, 0.15) is 26.7 Å². The lowest BCUT2D eigenvalue weighted by atomic mass is 9.94. The van der Waals surface area contributed by atoms with Gasteiger partial charge in [-0.1, -0.05) is 26.0 Å². The average Bonchev–Trinajstić information content (AvgIpc) is 2.44. The summed E-state index contributed by atoms with van der Waals surface area (Å²) in [6, 6.07) is 6.46. The summed E-state index contributed by atoms with van der Waals surface area (Å²) in [6.07, 6.45) is 1.28. The second-order valence-corrected chi connectivity index (χ2v) is 4.45. The Morgan fingerprint density at radius 1 is 1.32 bits per heavy atom. The minimum absolute atomic E-state index is 0.00490. The minimum Gasteiger partial charge on any atom is -0.504 e. The monoisotopic (exact) mass is 267 g/mol. The van der Waals surface area contributed by atoms with Crippen LogP contribution in [0.25, 0.3) is 0 Å². The lowest BCUT2D eigenvalue weighted by molar-refractivity contribution is -0.125. The fraction of sp³-hybridized carbons (Fsp3) is 0.500. The van der Waals surface area contributed by atoms with E-state index in [0.717, 1.165) is 0 Å². The summed E-state index contributed by atoms with van der Waals surface area (Å²) in [7, 11) is 0. The third-order valence-corrected chi connectivity index (χ3v) is 3.28. The van der Waals surface area contributed by atoms with E-state index in [1.54, 1.807) is 18.2 Å². The van der Waals surface area contributed by atoms with Crippen molar-refractivity contribution in [2.45, 2.75) is 32.2 Å². The Labute approximate surface area is 113 Å². The molecule has 5 heteroatoms. The molecule has 0 heterocycles. The van der Waals surface area contributed by atoms with Gasteiger partial charge >= 0.3 is 0 Å². The van der Waals surface area contributed by atoms with E-state index in [0.29, 0.717) is 12.8 Å². The van der Waals surface area contributed by atoms with E-state index in [1.807, 2.05) is 13.8 Å². The number of aliphatic hydroxyl groups is 1. The van der Waals surface area contributed by atoms with Crippen molar-refractivity contribution >= 4 is 5.91 Å². The van der Waals surface area contributed by atoms with Gasteiger partial charge in [-0.15, -0.1) is 0 Å². The molecule has 0 saturated carbocycles. The highest BCUT2D eigenvalue weighted by atomic mass is 16.5. The highest BCUT2D eigenvalue weighted by Gasteiger charge is 2.27. The third kappa shape index (κ3) is 4.13. The van der Waals surface area contributed by atoms with E-state index in [2.05, 4.69) is 5.32 Å². The Kier molecular flexibility index (Phi) is 5.63. The molecule has 106 valence electrons. The second kappa shape index (κ2) is 6.99. The third-order valence-electron chi connectivity index (χ3n) is 3.28. The predicted molar refractivity (Wildman–Crippen MR) is 72.1 cm³/mol. The number of aromatic hydroxyl groups is 1. The van der Waals surface area contributed by atoms with Gasteiger partial charge in [-0.25, -0.2) is 0 Å². The van der Waals surface area contributed by atoms with Gasteiger partial charge in [0.25, 0.3) is 5.91 Å². The molecule has 0 aliphatic heterocycles. The van der Waals surface area contributed by atoms with Crippen molar-refractivity contribution < 1.29 is 19.7 Å². The average molecular weight is 267 g/mol. The van der Waals surface area contributed by atoms with Crippen molar-refractivity contribution in [1.29, 1.82) is 0 Å². The number of rotatable bonds is 7. The van der Waals surface area contributed by atoms with Gasteiger partial charge in [0.2, 0.25) is 0 Å². The van der Waals surface area contributed by atoms with Crippen LogP contribution in [-0.2, 0) is 4.79 Å². The molecule has 0 aliphatic rings. The number of hydrogen-bond acceptors (Lipinski definition) is 4. The van der Waals surface area contributed by atoms with Crippen LogP contribution >= 0.6 is 0 Å². The van der Waals surface area contributed by atoms with E-state index in [9.17, 15) is 15.0 Å². The molecule has 0 unspecified atom stereocenters. The van der Waals surface area contributed by atoms with Crippen LogP contribution in [-0.4, -0.2) is 34.9 Å². The van der Waals surface area contributed by atoms with Crippen LogP contribution < -0.4 is 10.1 Å². The van der Waals surface area contributed by atoms with Crippen LogP contribution in [0.2, 0.25) is 0 Å². The zero-order valence-corrected chi connectivity index (χ0v) is 11.3. The van der Waals surface area contributed by atoms with Gasteiger partial charge in [-0.2, -0.15) is 0 Å². The number of ether oxygens (including phenoxy) is 1. The number of benzene rings is 1. The summed E-state index contributed by atoms with van der Waals surface area (Å²) < 4.78 is 5.23. The summed E-state index contributed by atoms with van der Waals surface area (Å²) in [5, 5.41) is 21.6. The summed E-state index contributed by atoms with van der Waals surface area (Å²) >= 11 is 0. The van der Waals surface area contributed by atoms with Gasteiger partial charge in [0.15, 0.2) is 18.1 Å². The van der Waals surface area contributed by atoms with Crippen LogP contribution in [0.15, 0.2) is 24.3 Å². The maximum absolute atomic E-state index is 11.8. The van der Waals surface area contributed by atoms with Gasteiger partial charge in [-0.05, 0) is 25.0 Å². The van der Waals surface area contributed by atoms with E-state index in [4.69, 9.17) is 4.74 Å². The van der Waals surface area contributed by atoms with Gasteiger partial charge in [-0.3, -0.25) is 4.79 Å². The molecular formula is C14H21NO4. The zero-order chi connectivity index (χ0) is 14.3. The normalized spacial score (nSPS) is 11.1. The lowest BCUT2D eigenvalue weighted by Crippen LogP contribution is -2.51. The fourth-order valence-electron chi connectivity index (χ4n) is 1.74. The van der Waals surface area contributed by atoms with Crippen LogP contribution in [0, 0.1) is 0 Å². The van der Waals surface area contributed by atoms with Crippen LogP contribution in [0.5, 0.6) is 11.5 Å². The number of aliphatic hydroxyl groups excluding tert-OH is 1. The SMILES string of the molecule is CCC(CC)(CO)NC(=O)COc1ccccc1O. The number of amides is 1. The molecule has 0 aliphatic carbocycles. The number of nitrogens with one attached hydrogen (secondary N) is 1. The molecule has 0 atom stereocenters. The number of phenolic OH excluding ortho intramolecular Hbond substituents is 1. The molecule has 0 spiro atoms. The lowest BCUT2D eigenvalue weighted by Gasteiger charge is -2.30. The molecule has 5 nitrogen and oxygen atoms in total. The van der Waals surface area contributed by atoms with E-state index in [-0.39, 0.29) is 30.6 Å². The minimum atomic E-state index is -0.598. The Bertz CT molecular complexity index is 407. The van der Waals surface area contributed by atoms with Gasteiger partial charge in [0.1, 0.15) is 0 Å². The van der Waals surface area contributed by atoms with E-state index in [1.165, 1.54) is 6.07 Å². The molecule has 3 N–H and O–H groups in total. The number of carbonyl (C=O) groups is 1. The van der Waals surface area contributed by atoms with E-state index < -0.39 is 5.54 Å². The van der Waals surface area contributed by atoms with Crippen LogP contribution in [0.4, 0.5) is 0 Å². The molecule has 0 radical (unpaired) electrons. The Balaban J connectivity index is 2.54. The molecule has 1 amide bonds. The van der Waals surface area contributed by atoms with Gasteiger partial charge in [0, 0.05) is 0 Å². The number of para-hydroxylation sites is 2. The highest BCUT2D eigenvalue weighted by molar-refractivity contribution is 5.78. The Morgan fingerprint density at radius 2 is 1.95 bits per heavy atom. The van der Waals surface area contributed by atoms with Crippen molar-refractivity contribution in [2.75, 3.05) is 13.2 Å². The predicted octanol–water partition coefficient (Wildman–Crippen LogP) is 1.44. The number of hydrogen-bond donors (Lipinski definition) is 3. The van der Waals surface area contributed by atoms with Crippen molar-refractivity contribution in [3.8, 4) is 11.5 Å². The quantitative estimate of drug-likeness (QED) is 0.698. The smallest absolute Gasteiger partial charge is 0.258 e. The molecule has 19 heavy (non-hydrogen) atoms. The molecule has 1 aromatic rings. The summed E-state index contributed by atoms with van der Waals surface area (Å²) in [5.41, 5.74) is -0.598. The van der Waals surface area contributed by atoms with Crippen molar-refractivity contribution in [3.05, 3.63) is 24.3 Å². The maximum Gasteiger partial charge on any atom is 0.258 e. The maximum atomic E-state index is 11.8. The first-order valence-corrected chi connectivity index (χ1v) is 6.39. The first kappa shape index (κ1) is 15.3. The topological polar surface area (TPSA) is 78.8 Å². The van der Waals surface area contributed by atoms with Crippen molar-refractivity contribution in [3.63, 3.8) is 0 Å². The highest BCUT2D eigenvalue weighted by Crippen LogP contribution is 2.24. The Hall–Kier alpha value is -1.75. The largest absolute Gasteiger partial charge is 0.504 e. The van der Waals surface area contributed by atoms with Crippen molar-refractivity contribution in [2.24, 2.45) is 0 Å². The number of carbonyl (C=O) groups excluding carboxylic acids is 1. The molecule has 1 aromatic carbocycles. The Morgan fingerprint density at radius 3 is 2.47 bits per heavy atom. The summed E-state index contributed by atoms with van der Waals surface area (Å²) in [4.78, 5) is 11.8. The first-order valence-electron chi connectivity index (χ1n) is 6.39. The molecule has 0 aromatic heterocycles. The molecule has 0 fully saturated rings. The van der Waals surface area contributed by atoms with E-state index >= 15 is 0 Å². The first-order chi connectivity index (χ1) is 9.06. The fourth-order valence-corrected chi connectivity index (χ4v) is 1.74. The summed E-state index contributed by atoms with van der Waals surface area (Å²) in [5.74, 6) is -0.0593. The molecule has 0 saturated heterocycles. The molecule has 0 bridgehead atoms. The zero-order valence-electron chi connectivity index (χ0n) is 11.3. The van der Waals surface area contributed by atoms with Gasteiger partial charge in [0.05, 0.1) is 12.1 Å². The summed E-state index contributed by atoms with van der Waals surface area (Å²) in [6.45, 7) is 3.51.